The van der Waals surface area contributed by atoms with Crippen molar-refractivity contribution in [3.8, 4) is 0 Å². The number of para-hydroxylation sites is 1. The molecule has 4 rings (SSSR count). The number of carbonyl (C=O) groups is 3. The second kappa shape index (κ2) is 12.4. The van der Waals surface area contributed by atoms with Crippen LogP contribution in [0.25, 0.3) is 0 Å². The highest BCUT2D eigenvalue weighted by Crippen LogP contribution is 2.43. The summed E-state index contributed by atoms with van der Waals surface area (Å²) in [6.07, 6.45) is 2.01. The molecule has 220 valence electrons. The van der Waals surface area contributed by atoms with Gasteiger partial charge in [-0.05, 0) is 44.9 Å². The van der Waals surface area contributed by atoms with Gasteiger partial charge in [-0.1, -0.05) is 61.5 Å². The molecule has 2 aromatic carbocycles. The fraction of sp³-hybridized carbons (Fsp3) is 0.344. The van der Waals surface area contributed by atoms with Crippen LogP contribution in [-0.4, -0.2) is 39.7 Å². The quantitative estimate of drug-likeness (QED) is 0.278. The van der Waals surface area contributed by atoms with E-state index in [1.54, 1.807) is 52.0 Å². The number of nitrogens with zero attached hydrogens (tertiary/aromatic N) is 3. The van der Waals surface area contributed by atoms with E-state index in [0.717, 1.165) is 10.5 Å². The van der Waals surface area contributed by atoms with Crippen molar-refractivity contribution in [2.75, 3.05) is 16.8 Å². The minimum atomic E-state index is -1.00. The van der Waals surface area contributed by atoms with E-state index in [0.29, 0.717) is 5.69 Å². The second-order valence-electron chi connectivity index (χ2n) is 11.5. The molecule has 10 heteroatoms. The van der Waals surface area contributed by atoms with Crippen molar-refractivity contribution in [3.63, 3.8) is 0 Å². The predicted octanol–water partition coefficient (Wildman–Crippen LogP) is 5.15. The third-order valence-corrected chi connectivity index (χ3v) is 6.80. The van der Waals surface area contributed by atoms with Crippen LogP contribution in [0.3, 0.4) is 0 Å². The molecule has 2 atom stereocenters. The number of esters is 1. The molecule has 0 fully saturated rings. The van der Waals surface area contributed by atoms with Crippen molar-refractivity contribution >= 4 is 29.3 Å². The van der Waals surface area contributed by atoms with Crippen LogP contribution in [0.2, 0.25) is 0 Å². The summed E-state index contributed by atoms with van der Waals surface area (Å²) in [5.74, 6) is -0.665. The fourth-order valence-electron chi connectivity index (χ4n) is 4.99. The number of ether oxygens (including phenoxy) is 2. The van der Waals surface area contributed by atoms with Crippen LogP contribution in [0.5, 0.6) is 0 Å². The highest BCUT2D eigenvalue weighted by molar-refractivity contribution is 5.94. The van der Waals surface area contributed by atoms with Gasteiger partial charge < -0.3 is 14.8 Å². The van der Waals surface area contributed by atoms with Gasteiger partial charge in [-0.2, -0.15) is 0 Å². The lowest BCUT2D eigenvalue weighted by atomic mass is 9.82. The number of hydrogen-bond acceptors (Lipinski definition) is 7. The molecule has 0 spiro atoms. The number of anilines is 2. The summed E-state index contributed by atoms with van der Waals surface area (Å²) in [6.45, 7) is 10.8. The highest BCUT2D eigenvalue weighted by atomic mass is 16.6. The van der Waals surface area contributed by atoms with Gasteiger partial charge in [0.1, 0.15) is 29.8 Å². The Balaban J connectivity index is 1.72. The van der Waals surface area contributed by atoms with Crippen molar-refractivity contribution in [2.45, 2.75) is 64.2 Å². The molecule has 1 aliphatic heterocycles. The van der Waals surface area contributed by atoms with Crippen molar-refractivity contribution in [2.24, 2.45) is 0 Å². The highest BCUT2D eigenvalue weighted by Gasteiger charge is 2.48. The van der Waals surface area contributed by atoms with Gasteiger partial charge in [0.05, 0.1) is 12.6 Å². The molecule has 0 aliphatic carbocycles. The Morgan fingerprint density at radius 2 is 1.76 bits per heavy atom. The van der Waals surface area contributed by atoms with E-state index in [1.165, 1.54) is 16.8 Å². The summed E-state index contributed by atoms with van der Waals surface area (Å²) in [7, 11) is 0. The van der Waals surface area contributed by atoms with E-state index in [1.807, 2.05) is 36.4 Å². The lowest BCUT2D eigenvalue weighted by molar-refractivity contribution is -0.156. The molecule has 1 aromatic heterocycles. The van der Waals surface area contributed by atoms with Crippen molar-refractivity contribution < 1.29 is 23.9 Å². The number of aromatic nitrogens is 2. The maximum atomic E-state index is 14.1. The Morgan fingerprint density at radius 3 is 2.38 bits per heavy atom. The topological polar surface area (TPSA) is 120 Å². The lowest BCUT2D eigenvalue weighted by Crippen LogP contribution is -2.40. The Morgan fingerprint density at radius 1 is 1.12 bits per heavy atom. The van der Waals surface area contributed by atoms with Crippen LogP contribution in [0.4, 0.5) is 16.2 Å². The zero-order valence-electron chi connectivity index (χ0n) is 24.3. The van der Waals surface area contributed by atoms with E-state index >= 15 is 0 Å². The van der Waals surface area contributed by atoms with Crippen LogP contribution in [0.1, 0.15) is 58.0 Å². The van der Waals surface area contributed by atoms with Crippen molar-refractivity contribution in [3.05, 3.63) is 101 Å². The zero-order valence-corrected chi connectivity index (χ0v) is 24.3. The number of rotatable bonds is 9. The fourth-order valence-corrected chi connectivity index (χ4v) is 4.99. The molecule has 2 amide bonds. The Hall–Kier alpha value is -4.73. The third-order valence-electron chi connectivity index (χ3n) is 6.80. The van der Waals surface area contributed by atoms with Gasteiger partial charge in [-0.3, -0.25) is 23.9 Å². The predicted molar refractivity (Wildman–Crippen MR) is 159 cm³/mol. The zero-order chi connectivity index (χ0) is 30.5. The maximum absolute atomic E-state index is 14.1. The number of hydrogen-bond donors (Lipinski definition) is 1. The number of benzene rings is 2. The van der Waals surface area contributed by atoms with E-state index in [-0.39, 0.29) is 37.5 Å². The standard InChI is InChI=1S/C32H36N4O6/c1-6-17-35(30(40)41-21-22-13-9-7-10-14-22)25-20-33-29-32(5,19-26(37)42-31(2,3)4)18-24(36(29)28(25)39)27(38)34-23-15-11-8-12-16-23/h6-16,20,24H,1,17-19,21H2,2-5H3,(H,34,38)/t24-,32+/m1/s1. The molecular formula is C32H36N4O6. The lowest BCUT2D eigenvalue weighted by Gasteiger charge is -2.26. The second-order valence-corrected chi connectivity index (χ2v) is 11.5. The van der Waals surface area contributed by atoms with Gasteiger partial charge in [0, 0.05) is 17.6 Å². The minimum Gasteiger partial charge on any atom is -0.460 e. The largest absolute Gasteiger partial charge is 0.460 e. The Kier molecular flexibility index (Phi) is 8.94. The van der Waals surface area contributed by atoms with E-state index in [4.69, 9.17) is 9.47 Å². The Labute approximate surface area is 245 Å². The van der Waals surface area contributed by atoms with E-state index < -0.39 is 40.6 Å². The first-order valence-corrected chi connectivity index (χ1v) is 13.7. The molecule has 1 aliphatic rings. The molecule has 10 nitrogen and oxygen atoms in total. The number of nitrogens with one attached hydrogen (secondary N) is 1. The first-order valence-electron chi connectivity index (χ1n) is 13.7. The summed E-state index contributed by atoms with van der Waals surface area (Å²) in [5, 5.41) is 2.85. The van der Waals surface area contributed by atoms with Gasteiger partial charge in [0.15, 0.2) is 0 Å². The number of amides is 2. The molecule has 0 unspecified atom stereocenters. The molecule has 0 radical (unpaired) electrons. The molecule has 1 N–H and O–H groups in total. The van der Waals surface area contributed by atoms with Crippen LogP contribution < -0.4 is 15.8 Å². The Bertz CT molecular complexity index is 1510. The molecule has 0 saturated heterocycles. The van der Waals surface area contributed by atoms with Gasteiger partial charge in [-0.15, -0.1) is 6.58 Å². The average molecular weight is 573 g/mol. The molecule has 42 heavy (non-hydrogen) atoms. The first-order chi connectivity index (χ1) is 19.9. The molecule has 2 heterocycles. The minimum absolute atomic E-state index is 0.00306. The summed E-state index contributed by atoms with van der Waals surface area (Å²) >= 11 is 0. The van der Waals surface area contributed by atoms with Crippen molar-refractivity contribution in [1.82, 2.24) is 9.55 Å². The van der Waals surface area contributed by atoms with Gasteiger partial charge in [0.2, 0.25) is 5.91 Å². The van der Waals surface area contributed by atoms with Crippen LogP contribution >= 0.6 is 0 Å². The molecule has 0 bridgehead atoms. The smallest absolute Gasteiger partial charge is 0.415 e. The number of fused-ring (bicyclic) bond motifs is 1. The summed E-state index contributed by atoms with van der Waals surface area (Å²) in [6, 6.07) is 17.0. The number of carbonyl (C=O) groups excluding carboxylic acids is 3. The van der Waals surface area contributed by atoms with Gasteiger partial charge in [0.25, 0.3) is 5.56 Å². The van der Waals surface area contributed by atoms with Crippen molar-refractivity contribution in [1.29, 1.82) is 0 Å². The molecule has 3 aromatic rings. The molecule has 0 saturated carbocycles. The summed E-state index contributed by atoms with van der Waals surface area (Å²) in [4.78, 5) is 59.4. The van der Waals surface area contributed by atoms with Gasteiger partial charge >= 0.3 is 12.1 Å². The van der Waals surface area contributed by atoms with Crippen LogP contribution in [-0.2, 0) is 31.1 Å². The maximum Gasteiger partial charge on any atom is 0.415 e. The van der Waals surface area contributed by atoms with Crippen LogP contribution in [0, 0.1) is 0 Å². The van der Waals surface area contributed by atoms with E-state index in [9.17, 15) is 19.2 Å². The SMILES string of the molecule is C=CCN(C(=O)OCc1ccccc1)c1cnc2n(c1=O)[C@@H](C(=O)Nc1ccccc1)C[C@@]2(C)CC(=O)OC(C)(C)C. The van der Waals surface area contributed by atoms with Crippen LogP contribution in [0.15, 0.2) is 84.3 Å². The summed E-state index contributed by atoms with van der Waals surface area (Å²) < 4.78 is 12.3. The average Bonchev–Trinajstić information content (AvgIpc) is 3.23. The molecular weight excluding hydrogens is 536 g/mol. The normalized spacial score (nSPS) is 17.6. The monoisotopic (exact) mass is 572 g/mol. The summed E-state index contributed by atoms with van der Waals surface area (Å²) in [5.41, 5.74) is -1.05. The van der Waals surface area contributed by atoms with Gasteiger partial charge in [-0.25, -0.2) is 9.78 Å². The first kappa shape index (κ1) is 30.2. The third kappa shape index (κ3) is 6.94. The van der Waals surface area contributed by atoms with E-state index in [2.05, 4.69) is 16.9 Å².